The third-order valence-electron chi connectivity index (χ3n) is 3.29. The molecule has 0 atom stereocenters. The largest absolute Gasteiger partial charge is 0.326 e. The van der Waals surface area contributed by atoms with Gasteiger partial charge in [0.15, 0.2) is 0 Å². The molecule has 0 amide bonds. The van der Waals surface area contributed by atoms with Crippen molar-refractivity contribution < 1.29 is 0 Å². The van der Waals surface area contributed by atoms with E-state index in [-0.39, 0.29) is 0 Å². The van der Waals surface area contributed by atoms with Crippen molar-refractivity contribution in [2.24, 2.45) is 5.73 Å². The number of pyridine rings is 1. The molecule has 2 aromatic rings. The Bertz CT molecular complexity index is 585. The first kappa shape index (κ1) is 11.8. The van der Waals surface area contributed by atoms with Gasteiger partial charge in [0.25, 0.3) is 0 Å². The minimum Gasteiger partial charge on any atom is -0.326 e. The van der Waals surface area contributed by atoms with Crippen LogP contribution in [0.4, 0.5) is 0 Å². The molecule has 2 heterocycles. The highest BCUT2D eigenvalue weighted by molar-refractivity contribution is 7.15. The van der Waals surface area contributed by atoms with Crippen LogP contribution in [-0.4, -0.2) is 9.97 Å². The molecule has 0 saturated heterocycles. The van der Waals surface area contributed by atoms with E-state index in [0.29, 0.717) is 12.5 Å². The Labute approximate surface area is 111 Å². The molecule has 1 aliphatic carbocycles. The van der Waals surface area contributed by atoms with E-state index in [0.717, 1.165) is 10.7 Å². The number of nitrogens with zero attached hydrogens (tertiary/aromatic N) is 2. The highest BCUT2D eigenvalue weighted by atomic mass is 32.1. The van der Waals surface area contributed by atoms with Gasteiger partial charge in [-0.15, -0.1) is 11.3 Å². The summed E-state index contributed by atoms with van der Waals surface area (Å²) in [5.74, 6) is 0.652. The Balaban J connectivity index is 2.05. The van der Waals surface area contributed by atoms with Crippen molar-refractivity contribution >= 4 is 11.3 Å². The van der Waals surface area contributed by atoms with Crippen LogP contribution in [0.25, 0.3) is 10.7 Å². The van der Waals surface area contributed by atoms with Gasteiger partial charge in [-0.25, -0.2) is 4.98 Å². The van der Waals surface area contributed by atoms with Crippen LogP contribution in [0.3, 0.4) is 0 Å². The summed E-state index contributed by atoms with van der Waals surface area (Å²) in [5.41, 5.74) is 10.4. The number of aromatic nitrogens is 2. The van der Waals surface area contributed by atoms with Crippen LogP contribution in [0.2, 0.25) is 0 Å². The monoisotopic (exact) mass is 259 g/mol. The SMILES string of the molecule is Cc1cnc(-c2nc(C3CC3)c(CN)s2)c(C)c1. The molecule has 0 aliphatic heterocycles. The predicted octanol–water partition coefficient (Wildman–Crippen LogP) is 3.16. The first-order valence-corrected chi connectivity index (χ1v) is 7.14. The van der Waals surface area contributed by atoms with E-state index in [4.69, 9.17) is 10.7 Å². The zero-order valence-electron chi connectivity index (χ0n) is 10.7. The van der Waals surface area contributed by atoms with E-state index in [1.807, 2.05) is 6.20 Å². The Morgan fingerprint density at radius 3 is 2.78 bits per heavy atom. The van der Waals surface area contributed by atoms with Crippen LogP contribution in [0, 0.1) is 13.8 Å². The number of thiazole rings is 1. The third-order valence-corrected chi connectivity index (χ3v) is 4.39. The van der Waals surface area contributed by atoms with Crippen molar-refractivity contribution in [2.75, 3.05) is 0 Å². The van der Waals surface area contributed by atoms with Gasteiger partial charge in [-0.05, 0) is 37.8 Å². The maximum atomic E-state index is 5.82. The van der Waals surface area contributed by atoms with Crippen molar-refractivity contribution in [1.29, 1.82) is 0 Å². The van der Waals surface area contributed by atoms with E-state index < -0.39 is 0 Å². The molecule has 0 radical (unpaired) electrons. The van der Waals surface area contributed by atoms with Gasteiger partial charge in [0, 0.05) is 23.5 Å². The molecule has 0 bridgehead atoms. The molecule has 0 spiro atoms. The van der Waals surface area contributed by atoms with Gasteiger partial charge in [0.2, 0.25) is 0 Å². The second-order valence-corrected chi connectivity index (χ2v) is 6.07. The summed E-state index contributed by atoms with van der Waals surface area (Å²) < 4.78 is 0. The molecule has 4 heteroatoms. The maximum absolute atomic E-state index is 5.82. The number of hydrogen-bond donors (Lipinski definition) is 1. The minimum absolute atomic E-state index is 0.592. The van der Waals surface area contributed by atoms with Gasteiger partial charge in [-0.2, -0.15) is 0 Å². The Hall–Kier alpha value is -1.26. The summed E-state index contributed by atoms with van der Waals surface area (Å²) >= 11 is 1.70. The van der Waals surface area contributed by atoms with Crippen LogP contribution in [0.5, 0.6) is 0 Å². The lowest BCUT2D eigenvalue weighted by Crippen LogP contribution is -1.96. The zero-order chi connectivity index (χ0) is 12.7. The first-order chi connectivity index (χ1) is 8.69. The van der Waals surface area contributed by atoms with Gasteiger partial charge in [-0.3, -0.25) is 4.98 Å². The number of hydrogen-bond acceptors (Lipinski definition) is 4. The fraction of sp³-hybridized carbons (Fsp3) is 0.429. The lowest BCUT2D eigenvalue weighted by molar-refractivity contribution is 0.978. The topological polar surface area (TPSA) is 51.8 Å². The Morgan fingerprint density at radius 1 is 1.39 bits per heavy atom. The second-order valence-electron chi connectivity index (χ2n) is 4.98. The van der Waals surface area contributed by atoms with Crippen LogP contribution >= 0.6 is 11.3 Å². The van der Waals surface area contributed by atoms with Gasteiger partial charge in [0.05, 0.1) is 5.69 Å². The Morgan fingerprint density at radius 2 is 2.17 bits per heavy atom. The van der Waals surface area contributed by atoms with Gasteiger partial charge >= 0.3 is 0 Å². The van der Waals surface area contributed by atoms with Gasteiger partial charge < -0.3 is 5.73 Å². The highest BCUT2D eigenvalue weighted by Crippen LogP contribution is 2.44. The van der Waals surface area contributed by atoms with E-state index >= 15 is 0 Å². The summed E-state index contributed by atoms with van der Waals surface area (Å²) in [6, 6.07) is 2.16. The molecule has 3 rings (SSSR count). The van der Waals surface area contributed by atoms with Crippen molar-refractivity contribution in [1.82, 2.24) is 9.97 Å². The molecule has 2 N–H and O–H groups in total. The van der Waals surface area contributed by atoms with Crippen LogP contribution < -0.4 is 5.73 Å². The summed E-state index contributed by atoms with van der Waals surface area (Å²) in [6.45, 7) is 4.75. The number of aryl methyl sites for hydroxylation is 2. The number of rotatable bonds is 3. The predicted molar refractivity (Wildman–Crippen MR) is 74.7 cm³/mol. The first-order valence-electron chi connectivity index (χ1n) is 6.32. The molecule has 94 valence electrons. The summed E-state index contributed by atoms with van der Waals surface area (Å²) in [5, 5.41) is 1.02. The van der Waals surface area contributed by atoms with Crippen LogP contribution in [-0.2, 0) is 6.54 Å². The second kappa shape index (κ2) is 4.44. The summed E-state index contributed by atoms with van der Waals surface area (Å²) in [7, 11) is 0. The average Bonchev–Trinajstić information content (AvgIpc) is 3.10. The number of nitrogens with two attached hydrogens (primary N) is 1. The van der Waals surface area contributed by atoms with Crippen LogP contribution in [0.15, 0.2) is 12.3 Å². The molecular formula is C14H17N3S. The maximum Gasteiger partial charge on any atom is 0.142 e. The van der Waals surface area contributed by atoms with E-state index in [9.17, 15) is 0 Å². The van der Waals surface area contributed by atoms with Crippen molar-refractivity contribution in [2.45, 2.75) is 39.2 Å². The normalized spacial score (nSPS) is 15.1. The molecule has 0 unspecified atom stereocenters. The average molecular weight is 259 g/mol. The van der Waals surface area contributed by atoms with Gasteiger partial charge in [-0.1, -0.05) is 6.07 Å². The van der Waals surface area contributed by atoms with Gasteiger partial charge in [0.1, 0.15) is 10.7 Å². The standard InChI is InChI=1S/C14H17N3S/c1-8-5-9(2)12(16-7-8)14-17-13(10-3-4-10)11(6-15)18-14/h5,7,10H,3-4,6,15H2,1-2H3. The van der Waals surface area contributed by atoms with Crippen molar-refractivity contribution in [3.05, 3.63) is 34.0 Å². The molecule has 3 nitrogen and oxygen atoms in total. The van der Waals surface area contributed by atoms with E-state index in [1.165, 1.54) is 34.5 Å². The smallest absolute Gasteiger partial charge is 0.142 e. The lowest BCUT2D eigenvalue weighted by atomic mass is 10.2. The quantitative estimate of drug-likeness (QED) is 0.921. The summed E-state index contributed by atoms with van der Waals surface area (Å²) in [6.07, 6.45) is 4.43. The minimum atomic E-state index is 0.592. The molecular weight excluding hydrogens is 242 g/mol. The van der Waals surface area contributed by atoms with E-state index in [1.54, 1.807) is 11.3 Å². The van der Waals surface area contributed by atoms with Crippen molar-refractivity contribution in [3.63, 3.8) is 0 Å². The molecule has 1 fully saturated rings. The lowest BCUT2D eigenvalue weighted by Gasteiger charge is -2.01. The molecule has 18 heavy (non-hydrogen) atoms. The molecule has 1 aliphatic rings. The third kappa shape index (κ3) is 2.06. The molecule has 0 aromatic carbocycles. The zero-order valence-corrected chi connectivity index (χ0v) is 11.5. The van der Waals surface area contributed by atoms with Crippen LogP contribution in [0.1, 0.15) is 40.5 Å². The van der Waals surface area contributed by atoms with E-state index in [2.05, 4.69) is 24.9 Å². The molecule has 1 saturated carbocycles. The van der Waals surface area contributed by atoms with Crippen molar-refractivity contribution in [3.8, 4) is 10.7 Å². The Kier molecular flexibility index (Phi) is 2.92. The highest BCUT2D eigenvalue weighted by Gasteiger charge is 2.29. The fourth-order valence-electron chi connectivity index (χ4n) is 2.23. The molecule has 2 aromatic heterocycles. The fourth-order valence-corrected chi connectivity index (χ4v) is 3.31. The summed E-state index contributed by atoms with van der Waals surface area (Å²) in [4.78, 5) is 10.5.